The predicted octanol–water partition coefficient (Wildman–Crippen LogP) is 4.46. The first-order valence-electron chi connectivity index (χ1n) is 7.37. The highest BCUT2D eigenvalue weighted by molar-refractivity contribution is 9.10. The molecule has 23 heavy (non-hydrogen) atoms. The Labute approximate surface area is 150 Å². The molecule has 5 heteroatoms. The summed E-state index contributed by atoms with van der Waals surface area (Å²) in [6.45, 7) is 4.39. The number of aryl methyl sites for hydroxylation is 1. The van der Waals surface area contributed by atoms with E-state index in [-0.39, 0.29) is 12.5 Å². The second kappa shape index (κ2) is 8.37. The van der Waals surface area contributed by atoms with Gasteiger partial charge < -0.3 is 10.1 Å². The molecule has 0 aliphatic carbocycles. The van der Waals surface area contributed by atoms with Gasteiger partial charge in [-0.05, 0) is 59.0 Å². The van der Waals surface area contributed by atoms with E-state index in [9.17, 15) is 4.79 Å². The third-order valence-electron chi connectivity index (χ3n) is 3.51. The third-order valence-corrected chi connectivity index (χ3v) is 5.07. The van der Waals surface area contributed by atoms with Crippen LogP contribution in [-0.2, 0) is 11.2 Å². The van der Waals surface area contributed by atoms with E-state index in [1.54, 1.807) is 0 Å². The summed E-state index contributed by atoms with van der Waals surface area (Å²) in [5.74, 6) is 0.487. The lowest BCUT2D eigenvalue weighted by molar-refractivity contribution is -0.123. The molecular weight excluding hydrogens is 378 g/mol. The average molecular weight is 397 g/mol. The molecule has 0 radical (unpaired) electrons. The lowest BCUT2D eigenvalue weighted by Crippen LogP contribution is -2.30. The normalized spacial score (nSPS) is 10.4. The number of carbonyl (C=O) groups is 1. The van der Waals surface area contributed by atoms with E-state index in [0.717, 1.165) is 22.0 Å². The SMILES string of the molecule is Cc1cc(OCC(=O)NCCc2ccccc2)c(Br)c(C)c1Cl. The Balaban J connectivity index is 1.83. The summed E-state index contributed by atoms with van der Waals surface area (Å²) in [5, 5.41) is 3.56. The van der Waals surface area contributed by atoms with Crippen molar-refractivity contribution < 1.29 is 9.53 Å². The molecule has 1 N–H and O–H groups in total. The fourth-order valence-electron chi connectivity index (χ4n) is 2.19. The Morgan fingerprint density at radius 1 is 1.26 bits per heavy atom. The Hall–Kier alpha value is -1.52. The molecule has 122 valence electrons. The minimum atomic E-state index is -0.141. The maximum absolute atomic E-state index is 11.9. The fraction of sp³-hybridized carbons (Fsp3) is 0.278. The quantitative estimate of drug-likeness (QED) is 0.783. The van der Waals surface area contributed by atoms with Gasteiger partial charge in [-0.1, -0.05) is 41.9 Å². The minimum absolute atomic E-state index is 0.0199. The zero-order valence-corrected chi connectivity index (χ0v) is 15.5. The van der Waals surface area contributed by atoms with E-state index in [0.29, 0.717) is 17.3 Å². The molecule has 0 aliphatic heterocycles. The van der Waals surface area contributed by atoms with E-state index in [4.69, 9.17) is 16.3 Å². The summed E-state index contributed by atoms with van der Waals surface area (Å²) < 4.78 is 6.38. The number of rotatable bonds is 6. The van der Waals surface area contributed by atoms with Crippen LogP contribution in [0.3, 0.4) is 0 Å². The smallest absolute Gasteiger partial charge is 0.257 e. The number of amides is 1. The predicted molar refractivity (Wildman–Crippen MR) is 97.3 cm³/mol. The molecule has 0 heterocycles. The van der Waals surface area contributed by atoms with Crippen LogP contribution in [0.1, 0.15) is 16.7 Å². The number of carbonyl (C=O) groups excluding carboxylic acids is 1. The lowest BCUT2D eigenvalue weighted by Gasteiger charge is -2.13. The van der Waals surface area contributed by atoms with Crippen LogP contribution in [0, 0.1) is 13.8 Å². The Bertz CT molecular complexity index is 689. The second-order valence-corrected chi connectivity index (χ2v) is 6.49. The molecule has 0 saturated heterocycles. The first kappa shape index (κ1) is 17.8. The number of halogens is 2. The zero-order chi connectivity index (χ0) is 16.8. The number of benzene rings is 2. The van der Waals surface area contributed by atoms with Crippen LogP contribution in [0.4, 0.5) is 0 Å². The van der Waals surface area contributed by atoms with Gasteiger partial charge in [0.15, 0.2) is 6.61 Å². The number of hydrogen-bond acceptors (Lipinski definition) is 2. The molecule has 2 aromatic rings. The van der Waals surface area contributed by atoms with E-state index in [1.807, 2.05) is 50.2 Å². The number of hydrogen-bond donors (Lipinski definition) is 1. The molecule has 0 spiro atoms. The van der Waals surface area contributed by atoms with E-state index in [1.165, 1.54) is 5.56 Å². The van der Waals surface area contributed by atoms with E-state index >= 15 is 0 Å². The molecule has 0 atom stereocenters. The number of ether oxygens (including phenoxy) is 1. The van der Waals surface area contributed by atoms with Crippen molar-refractivity contribution in [1.29, 1.82) is 0 Å². The fourth-order valence-corrected chi connectivity index (χ4v) is 2.88. The van der Waals surface area contributed by atoms with Crippen molar-refractivity contribution in [2.75, 3.05) is 13.2 Å². The van der Waals surface area contributed by atoms with Crippen LogP contribution >= 0.6 is 27.5 Å². The van der Waals surface area contributed by atoms with Crippen molar-refractivity contribution in [3.05, 3.63) is 62.6 Å². The van der Waals surface area contributed by atoms with Gasteiger partial charge in [-0.15, -0.1) is 0 Å². The summed E-state index contributed by atoms with van der Waals surface area (Å²) >= 11 is 9.64. The topological polar surface area (TPSA) is 38.3 Å². The molecule has 2 aromatic carbocycles. The van der Waals surface area contributed by atoms with Gasteiger partial charge in [0.25, 0.3) is 5.91 Å². The van der Waals surface area contributed by atoms with Crippen molar-refractivity contribution in [2.24, 2.45) is 0 Å². The van der Waals surface area contributed by atoms with Crippen LogP contribution in [0.2, 0.25) is 5.02 Å². The van der Waals surface area contributed by atoms with E-state index in [2.05, 4.69) is 21.2 Å². The van der Waals surface area contributed by atoms with Gasteiger partial charge in [-0.2, -0.15) is 0 Å². The van der Waals surface area contributed by atoms with Crippen LogP contribution in [0.15, 0.2) is 40.9 Å². The van der Waals surface area contributed by atoms with Crippen LogP contribution < -0.4 is 10.1 Å². The summed E-state index contributed by atoms with van der Waals surface area (Å²) in [5.41, 5.74) is 3.03. The van der Waals surface area contributed by atoms with Crippen LogP contribution in [0.25, 0.3) is 0 Å². The number of nitrogens with one attached hydrogen (secondary N) is 1. The Morgan fingerprint density at radius 2 is 1.96 bits per heavy atom. The van der Waals surface area contributed by atoms with Gasteiger partial charge in [0.2, 0.25) is 0 Å². The molecule has 2 rings (SSSR count). The summed E-state index contributed by atoms with van der Waals surface area (Å²) in [6, 6.07) is 11.9. The maximum Gasteiger partial charge on any atom is 0.257 e. The average Bonchev–Trinajstić information content (AvgIpc) is 2.56. The van der Waals surface area contributed by atoms with Gasteiger partial charge in [0.05, 0.1) is 4.47 Å². The first-order valence-corrected chi connectivity index (χ1v) is 8.54. The molecule has 0 bridgehead atoms. The lowest BCUT2D eigenvalue weighted by atomic mass is 10.1. The van der Waals surface area contributed by atoms with E-state index < -0.39 is 0 Å². The molecule has 0 aromatic heterocycles. The molecule has 0 saturated carbocycles. The van der Waals surface area contributed by atoms with Crippen LogP contribution in [-0.4, -0.2) is 19.1 Å². The van der Waals surface area contributed by atoms with Gasteiger partial charge in [0, 0.05) is 11.6 Å². The van der Waals surface area contributed by atoms with Gasteiger partial charge in [-0.25, -0.2) is 0 Å². The molecule has 1 amide bonds. The third kappa shape index (κ3) is 4.98. The molecular formula is C18H19BrClNO2. The highest BCUT2D eigenvalue weighted by Gasteiger charge is 2.12. The largest absolute Gasteiger partial charge is 0.483 e. The van der Waals surface area contributed by atoms with Gasteiger partial charge >= 0.3 is 0 Å². The van der Waals surface area contributed by atoms with Crippen LogP contribution in [0.5, 0.6) is 5.75 Å². The minimum Gasteiger partial charge on any atom is -0.483 e. The molecule has 0 fully saturated rings. The van der Waals surface area contributed by atoms with Crippen molar-refractivity contribution in [3.63, 3.8) is 0 Å². The van der Waals surface area contributed by atoms with Crippen molar-refractivity contribution in [1.82, 2.24) is 5.32 Å². The highest BCUT2D eigenvalue weighted by Crippen LogP contribution is 2.35. The van der Waals surface area contributed by atoms with Crippen molar-refractivity contribution >= 4 is 33.4 Å². The standard InChI is InChI=1S/C18H19BrClNO2/c1-12-10-15(17(19)13(2)18(12)20)23-11-16(22)21-9-8-14-6-4-3-5-7-14/h3-7,10H,8-9,11H2,1-2H3,(H,21,22). The summed E-state index contributed by atoms with van der Waals surface area (Å²) in [6.07, 6.45) is 0.801. The molecule has 0 aliphatic rings. The monoisotopic (exact) mass is 395 g/mol. The summed E-state index contributed by atoms with van der Waals surface area (Å²) in [4.78, 5) is 11.9. The first-order chi connectivity index (χ1) is 11.0. The summed E-state index contributed by atoms with van der Waals surface area (Å²) in [7, 11) is 0. The van der Waals surface area contributed by atoms with Crippen molar-refractivity contribution in [2.45, 2.75) is 20.3 Å². The van der Waals surface area contributed by atoms with Gasteiger partial charge in [-0.3, -0.25) is 4.79 Å². The zero-order valence-electron chi connectivity index (χ0n) is 13.2. The van der Waals surface area contributed by atoms with Crippen molar-refractivity contribution in [3.8, 4) is 5.75 Å². The maximum atomic E-state index is 11.9. The second-order valence-electron chi connectivity index (χ2n) is 5.32. The molecule has 3 nitrogen and oxygen atoms in total. The Morgan fingerprint density at radius 3 is 2.65 bits per heavy atom. The Kier molecular flexibility index (Phi) is 6.48. The van der Waals surface area contributed by atoms with Gasteiger partial charge in [0.1, 0.15) is 5.75 Å². The highest BCUT2D eigenvalue weighted by atomic mass is 79.9. The molecule has 0 unspecified atom stereocenters.